The van der Waals surface area contributed by atoms with Crippen LogP contribution < -0.4 is 0 Å². The minimum atomic E-state index is -3.30. The maximum atomic E-state index is 13.1. The fraction of sp³-hybridized carbons (Fsp3) is 0.632. The van der Waals surface area contributed by atoms with Crippen LogP contribution in [-0.2, 0) is 9.84 Å². The van der Waals surface area contributed by atoms with E-state index in [-0.39, 0.29) is 10.8 Å². The number of amides is 1. The Bertz CT molecular complexity index is 716. The van der Waals surface area contributed by atoms with Crippen molar-refractivity contribution in [1.82, 2.24) is 4.90 Å². The Balaban J connectivity index is 1.84. The zero-order valence-corrected chi connectivity index (χ0v) is 15.4. The van der Waals surface area contributed by atoms with E-state index in [1.807, 2.05) is 11.8 Å². The lowest BCUT2D eigenvalue weighted by atomic mass is 9.88. The van der Waals surface area contributed by atoms with Crippen LogP contribution in [0.1, 0.15) is 60.9 Å². The van der Waals surface area contributed by atoms with Gasteiger partial charge in [-0.2, -0.15) is 0 Å². The summed E-state index contributed by atoms with van der Waals surface area (Å²) in [5, 5.41) is 0. The van der Waals surface area contributed by atoms with Gasteiger partial charge in [0.1, 0.15) is 0 Å². The first-order valence-corrected chi connectivity index (χ1v) is 10.9. The third-order valence-corrected chi connectivity index (χ3v) is 6.41. The number of benzene rings is 1. The number of carbonyl (C=O) groups is 1. The van der Waals surface area contributed by atoms with E-state index in [1.165, 1.54) is 38.4 Å². The first kappa shape index (κ1) is 17.5. The van der Waals surface area contributed by atoms with E-state index in [2.05, 4.69) is 0 Å². The van der Waals surface area contributed by atoms with E-state index in [0.717, 1.165) is 24.9 Å². The largest absolute Gasteiger partial charge is 0.335 e. The minimum absolute atomic E-state index is 0.00562. The van der Waals surface area contributed by atoms with Gasteiger partial charge in [0.25, 0.3) is 5.91 Å². The predicted molar refractivity (Wildman–Crippen MR) is 94.9 cm³/mol. The van der Waals surface area contributed by atoms with Crippen LogP contribution in [0.25, 0.3) is 0 Å². The number of sulfone groups is 1. The summed E-state index contributed by atoms with van der Waals surface area (Å²) in [6, 6.07) is 5.24. The molecule has 2 fully saturated rings. The zero-order chi connectivity index (χ0) is 17.3. The molecule has 0 spiro atoms. The summed E-state index contributed by atoms with van der Waals surface area (Å²) in [6.45, 7) is 2.71. The van der Waals surface area contributed by atoms with Gasteiger partial charge in [0.05, 0.1) is 4.90 Å². The molecule has 132 valence electrons. The van der Waals surface area contributed by atoms with Gasteiger partial charge in [-0.1, -0.05) is 25.3 Å². The first-order chi connectivity index (χ1) is 11.4. The summed E-state index contributed by atoms with van der Waals surface area (Å²) in [7, 11) is -3.30. The molecule has 2 aliphatic carbocycles. The molecular weight excluding hydrogens is 322 g/mol. The van der Waals surface area contributed by atoms with Gasteiger partial charge in [0.2, 0.25) is 0 Å². The molecule has 1 amide bonds. The van der Waals surface area contributed by atoms with Crippen molar-refractivity contribution in [1.29, 1.82) is 0 Å². The zero-order valence-electron chi connectivity index (χ0n) is 14.6. The topological polar surface area (TPSA) is 54.5 Å². The lowest BCUT2D eigenvalue weighted by Gasteiger charge is -2.30. The van der Waals surface area contributed by atoms with Gasteiger partial charge in [0, 0.05) is 24.4 Å². The van der Waals surface area contributed by atoms with Gasteiger partial charge in [-0.3, -0.25) is 4.79 Å². The summed E-state index contributed by atoms with van der Waals surface area (Å²) >= 11 is 0. The highest BCUT2D eigenvalue weighted by atomic mass is 32.2. The average Bonchev–Trinajstić information content (AvgIpc) is 3.37. The van der Waals surface area contributed by atoms with E-state index in [0.29, 0.717) is 17.5 Å². The molecule has 3 rings (SSSR count). The molecule has 0 atom stereocenters. The molecule has 0 radical (unpaired) electrons. The Morgan fingerprint density at radius 2 is 1.79 bits per heavy atom. The van der Waals surface area contributed by atoms with Crippen molar-refractivity contribution in [2.75, 3.05) is 12.8 Å². The molecule has 0 aliphatic heterocycles. The van der Waals surface area contributed by atoms with Gasteiger partial charge in [-0.05, 0) is 56.2 Å². The Hall–Kier alpha value is -1.36. The molecule has 2 saturated carbocycles. The predicted octanol–water partition coefficient (Wildman–Crippen LogP) is 3.58. The van der Waals surface area contributed by atoms with Gasteiger partial charge in [-0.25, -0.2) is 8.42 Å². The molecule has 5 heteroatoms. The molecule has 24 heavy (non-hydrogen) atoms. The van der Waals surface area contributed by atoms with Crippen LogP contribution in [0.4, 0.5) is 0 Å². The second-order valence-corrected chi connectivity index (χ2v) is 9.46. The number of hydrogen-bond acceptors (Lipinski definition) is 3. The highest BCUT2D eigenvalue weighted by molar-refractivity contribution is 7.90. The maximum Gasteiger partial charge on any atom is 0.254 e. The lowest BCUT2D eigenvalue weighted by Crippen LogP contribution is -2.38. The number of aryl methyl sites for hydroxylation is 1. The fourth-order valence-electron chi connectivity index (χ4n) is 3.65. The van der Waals surface area contributed by atoms with Gasteiger partial charge in [0.15, 0.2) is 9.84 Å². The molecule has 0 heterocycles. The number of hydrogen-bond donors (Lipinski definition) is 0. The molecule has 0 unspecified atom stereocenters. The van der Waals surface area contributed by atoms with Crippen molar-refractivity contribution in [3.05, 3.63) is 29.3 Å². The van der Waals surface area contributed by atoms with Crippen molar-refractivity contribution in [3.63, 3.8) is 0 Å². The third-order valence-electron chi connectivity index (χ3n) is 5.30. The second-order valence-electron chi connectivity index (χ2n) is 7.44. The maximum absolute atomic E-state index is 13.1. The molecule has 0 bridgehead atoms. The minimum Gasteiger partial charge on any atom is -0.335 e. The Labute approximate surface area is 145 Å². The van der Waals surface area contributed by atoms with Crippen molar-refractivity contribution >= 4 is 15.7 Å². The summed E-state index contributed by atoms with van der Waals surface area (Å²) in [4.78, 5) is 15.4. The van der Waals surface area contributed by atoms with Crippen LogP contribution in [0, 0.1) is 12.8 Å². The van der Waals surface area contributed by atoms with Crippen LogP contribution in [0.15, 0.2) is 23.1 Å². The number of nitrogens with zero attached hydrogens (tertiary/aromatic N) is 1. The van der Waals surface area contributed by atoms with Crippen molar-refractivity contribution in [2.24, 2.45) is 5.92 Å². The van der Waals surface area contributed by atoms with Crippen molar-refractivity contribution in [3.8, 4) is 0 Å². The number of carbonyl (C=O) groups excluding carboxylic acids is 1. The first-order valence-electron chi connectivity index (χ1n) is 8.98. The second kappa shape index (κ2) is 6.87. The molecule has 4 nitrogen and oxygen atoms in total. The SMILES string of the molecule is Cc1ccc(S(C)(=O)=O)cc1C(=O)N(CC1CCCCC1)C1CC1. The van der Waals surface area contributed by atoms with E-state index in [9.17, 15) is 13.2 Å². The van der Waals surface area contributed by atoms with Crippen LogP contribution in [0.3, 0.4) is 0 Å². The van der Waals surface area contributed by atoms with Crippen LogP contribution in [0.5, 0.6) is 0 Å². The summed E-state index contributed by atoms with van der Waals surface area (Å²) in [6.07, 6.45) is 9.58. The molecule has 1 aromatic carbocycles. The Kier molecular flexibility index (Phi) is 5.00. The van der Waals surface area contributed by atoms with Crippen molar-refractivity contribution < 1.29 is 13.2 Å². The molecule has 0 aromatic heterocycles. The fourth-order valence-corrected chi connectivity index (χ4v) is 4.30. The molecular formula is C19H27NO3S. The smallest absolute Gasteiger partial charge is 0.254 e. The Morgan fingerprint density at radius 1 is 1.12 bits per heavy atom. The standard InChI is InChI=1S/C19H27NO3S/c1-14-8-11-17(24(2,22)23)12-18(14)19(21)20(16-9-10-16)13-15-6-4-3-5-7-15/h8,11-12,15-16H,3-7,9-10,13H2,1-2H3. The van der Waals surface area contributed by atoms with Crippen LogP contribution >= 0.6 is 0 Å². The van der Waals surface area contributed by atoms with Crippen molar-refractivity contribution in [2.45, 2.75) is 62.8 Å². The van der Waals surface area contributed by atoms with Gasteiger partial charge < -0.3 is 4.90 Å². The van der Waals surface area contributed by atoms with E-state index in [1.54, 1.807) is 18.2 Å². The van der Waals surface area contributed by atoms with Crippen LogP contribution in [0.2, 0.25) is 0 Å². The van der Waals surface area contributed by atoms with Gasteiger partial charge >= 0.3 is 0 Å². The lowest BCUT2D eigenvalue weighted by molar-refractivity contribution is 0.0698. The average molecular weight is 349 g/mol. The van der Waals surface area contributed by atoms with E-state index >= 15 is 0 Å². The van der Waals surface area contributed by atoms with E-state index in [4.69, 9.17) is 0 Å². The van der Waals surface area contributed by atoms with Crippen LogP contribution in [-0.4, -0.2) is 38.1 Å². The normalized spacial score (nSPS) is 19.2. The summed E-state index contributed by atoms with van der Waals surface area (Å²) in [5.74, 6) is 0.604. The summed E-state index contributed by atoms with van der Waals surface area (Å²) < 4.78 is 23.7. The monoisotopic (exact) mass is 349 g/mol. The molecule has 0 saturated heterocycles. The quantitative estimate of drug-likeness (QED) is 0.816. The highest BCUT2D eigenvalue weighted by Crippen LogP contribution is 2.33. The molecule has 0 N–H and O–H groups in total. The van der Waals surface area contributed by atoms with E-state index < -0.39 is 9.84 Å². The highest BCUT2D eigenvalue weighted by Gasteiger charge is 2.35. The Morgan fingerprint density at radius 3 is 2.38 bits per heavy atom. The third kappa shape index (κ3) is 4.00. The molecule has 1 aromatic rings. The van der Waals surface area contributed by atoms with Gasteiger partial charge in [-0.15, -0.1) is 0 Å². The summed E-state index contributed by atoms with van der Waals surface area (Å²) in [5.41, 5.74) is 1.39. The molecule has 2 aliphatic rings. The number of rotatable bonds is 5.